The minimum absolute atomic E-state index is 0. The number of hydrogen-bond donors (Lipinski definition) is 2. The lowest BCUT2D eigenvalue weighted by molar-refractivity contribution is 0.380. The number of aliphatic imine (C=N–C) groups is 1. The molecule has 0 radical (unpaired) electrons. The van der Waals surface area contributed by atoms with Crippen LogP contribution in [0.15, 0.2) is 33.8 Å². The molecule has 0 saturated heterocycles. The van der Waals surface area contributed by atoms with Gasteiger partial charge in [0.2, 0.25) is 0 Å². The van der Waals surface area contributed by atoms with Gasteiger partial charge < -0.3 is 15.2 Å². The highest BCUT2D eigenvalue weighted by molar-refractivity contribution is 14.0. The summed E-state index contributed by atoms with van der Waals surface area (Å²) < 4.78 is 5.45. The summed E-state index contributed by atoms with van der Waals surface area (Å²) in [6.45, 7) is 5.80. The normalized spacial score (nSPS) is 16.4. The van der Waals surface area contributed by atoms with Crippen LogP contribution in [0.2, 0.25) is 0 Å². The number of nitrogens with zero attached hydrogens (tertiary/aromatic N) is 2. The van der Waals surface area contributed by atoms with Crippen LogP contribution in [0.25, 0.3) is 0 Å². The highest BCUT2D eigenvalue weighted by Gasteiger charge is 2.20. The maximum atomic E-state index is 5.45. The molecule has 0 spiro atoms. The van der Waals surface area contributed by atoms with Gasteiger partial charge in [-0.15, -0.1) is 24.0 Å². The van der Waals surface area contributed by atoms with Gasteiger partial charge in [-0.2, -0.15) is 0 Å². The van der Waals surface area contributed by atoms with Crippen molar-refractivity contribution in [1.82, 2.24) is 15.8 Å². The molecular formula is C21H31IN4O. The molecule has 0 aliphatic heterocycles. The van der Waals surface area contributed by atoms with Crippen molar-refractivity contribution >= 4 is 29.9 Å². The van der Waals surface area contributed by atoms with Gasteiger partial charge in [-0.05, 0) is 36.8 Å². The van der Waals surface area contributed by atoms with Gasteiger partial charge in [0.05, 0.1) is 5.69 Å². The minimum Gasteiger partial charge on any atom is -0.361 e. The van der Waals surface area contributed by atoms with Gasteiger partial charge in [0.15, 0.2) is 5.96 Å². The van der Waals surface area contributed by atoms with Gasteiger partial charge in [0, 0.05) is 38.0 Å². The van der Waals surface area contributed by atoms with Crippen molar-refractivity contribution in [2.45, 2.75) is 58.4 Å². The van der Waals surface area contributed by atoms with Crippen molar-refractivity contribution in [1.29, 1.82) is 0 Å². The maximum Gasteiger partial charge on any atom is 0.191 e. The maximum absolute atomic E-state index is 5.45. The molecule has 0 bridgehead atoms. The van der Waals surface area contributed by atoms with Crippen LogP contribution in [0.1, 0.15) is 60.8 Å². The SMILES string of the molecule is CCc1noc(CC)c1CNC(=NC)NCC1CCCc2ccccc21.I. The number of nitrogens with one attached hydrogen (secondary N) is 2. The molecule has 3 rings (SSSR count). The van der Waals surface area contributed by atoms with Crippen LogP contribution < -0.4 is 10.6 Å². The summed E-state index contributed by atoms with van der Waals surface area (Å²) in [7, 11) is 1.82. The summed E-state index contributed by atoms with van der Waals surface area (Å²) in [5.41, 5.74) is 5.19. The van der Waals surface area contributed by atoms with E-state index in [-0.39, 0.29) is 24.0 Å². The van der Waals surface area contributed by atoms with E-state index in [4.69, 9.17) is 4.52 Å². The van der Waals surface area contributed by atoms with E-state index in [1.807, 2.05) is 7.05 Å². The molecule has 148 valence electrons. The van der Waals surface area contributed by atoms with E-state index in [2.05, 4.69) is 58.9 Å². The third-order valence-corrected chi connectivity index (χ3v) is 5.27. The first kappa shape index (κ1) is 21.7. The molecule has 0 fully saturated rings. The van der Waals surface area contributed by atoms with Crippen molar-refractivity contribution in [3.05, 3.63) is 52.4 Å². The zero-order chi connectivity index (χ0) is 18.4. The molecule has 1 heterocycles. The predicted octanol–water partition coefficient (Wildman–Crippen LogP) is 4.20. The van der Waals surface area contributed by atoms with E-state index in [0.717, 1.165) is 36.8 Å². The molecule has 6 heteroatoms. The molecule has 2 N–H and O–H groups in total. The van der Waals surface area contributed by atoms with E-state index in [1.54, 1.807) is 0 Å². The molecular weight excluding hydrogens is 451 g/mol. The van der Waals surface area contributed by atoms with Crippen molar-refractivity contribution < 1.29 is 4.52 Å². The lowest BCUT2D eigenvalue weighted by atomic mass is 9.83. The largest absolute Gasteiger partial charge is 0.361 e. The average Bonchev–Trinajstić information content (AvgIpc) is 3.10. The van der Waals surface area contributed by atoms with Gasteiger partial charge in [-0.1, -0.05) is 43.3 Å². The number of rotatable bonds is 6. The van der Waals surface area contributed by atoms with Crippen LogP contribution in [0, 0.1) is 0 Å². The molecule has 1 aromatic carbocycles. The first-order valence-corrected chi connectivity index (χ1v) is 9.75. The van der Waals surface area contributed by atoms with Crippen LogP contribution >= 0.6 is 24.0 Å². The lowest BCUT2D eigenvalue weighted by Gasteiger charge is -2.26. The summed E-state index contributed by atoms with van der Waals surface area (Å²) in [4.78, 5) is 4.38. The van der Waals surface area contributed by atoms with E-state index < -0.39 is 0 Å². The van der Waals surface area contributed by atoms with E-state index >= 15 is 0 Å². The van der Waals surface area contributed by atoms with Crippen molar-refractivity contribution in [2.75, 3.05) is 13.6 Å². The molecule has 1 aliphatic carbocycles. The first-order chi connectivity index (χ1) is 12.8. The number of guanidine groups is 1. The van der Waals surface area contributed by atoms with Crippen LogP contribution in [0.5, 0.6) is 0 Å². The van der Waals surface area contributed by atoms with Crippen molar-refractivity contribution in [3.8, 4) is 0 Å². The van der Waals surface area contributed by atoms with E-state index in [0.29, 0.717) is 12.5 Å². The zero-order valence-electron chi connectivity index (χ0n) is 16.5. The topological polar surface area (TPSA) is 62.5 Å². The highest BCUT2D eigenvalue weighted by atomic mass is 127. The van der Waals surface area contributed by atoms with E-state index in [9.17, 15) is 0 Å². The minimum atomic E-state index is 0. The Hall–Kier alpha value is -1.57. The third kappa shape index (κ3) is 5.24. The molecule has 0 amide bonds. The molecule has 1 aromatic heterocycles. The molecule has 27 heavy (non-hydrogen) atoms. The Labute approximate surface area is 179 Å². The number of hydrogen-bond acceptors (Lipinski definition) is 3. The fraction of sp³-hybridized carbons (Fsp3) is 0.524. The quantitative estimate of drug-likeness (QED) is 0.368. The second-order valence-corrected chi connectivity index (χ2v) is 6.83. The Bertz CT molecular complexity index is 735. The molecule has 2 aromatic rings. The third-order valence-electron chi connectivity index (χ3n) is 5.27. The van der Waals surface area contributed by atoms with Crippen molar-refractivity contribution in [2.24, 2.45) is 4.99 Å². The smallest absolute Gasteiger partial charge is 0.191 e. The molecule has 1 aliphatic rings. The van der Waals surface area contributed by atoms with Crippen LogP contribution in [0.3, 0.4) is 0 Å². The van der Waals surface area contributed by atoms with Gasteiger partial charge in [-0.25, -0.2) is 0 Å². The van der Waals surface area contributed by atoms with Crippen LogP contribution in [-0.4, -0.2) is 24.7 Å². The Balaban J connectivity index is 0.00000261. The van der Waals surface area contributed by atoms with Gasteiger partial charge in [-0.3, -0.25) is 4.99 Å². The summed E-state index contributed by atoms with van der Waals surface area (Å²) in [5, 5.41) is 11.1. The highest BCUT2D eigenvalue weighted by Crippen LogP contribution is 2.30. The Morgan fingerprint density at radius 3 is 2.78 bits per heavy atom. The number of aromatic nitrogens is 1. The predicted molar refractivity (Wildman–Crippen MR) is 121 cm³/mol. The summed E-state index contributed by atoms with van der Waals surface area (Å²) in [6.07, 6.45) is 5.43. The second kappa shape index (κ2) is 10.7. The standard InChI is InChI=1S/C21H30N4O.HI/c1-4-19-18(20(5-2)26-25-19)14-24-21(22-3)23-13-16-11-8-10-15-9-6-7-12-17(15)16;/h6-7,9,12,16H,4-5,8,10-11,13-14H2,1-3H3,(H2,22,23,24);1H. The average molecular weight is 482 g/mol. The number of benzene rings is 1. The Kier molecular flexibility index (Phi) is 8.60. The fourth-order valence-corrected chi connectivity index (χ4v) is 3.82. The van der Waals surface area contributed by atoms with Crippen LogP contribution in [0.4, 0.5) is 0 Å². The number of halogens is 1. The van der Waals surface area contributed by atoms with Crippen LogP contribution in [-0.2, 0) is 25.8 Å². The molecule has 5 nitrogen and oxygen atoms in total. The number of fused-ring (bicyclic) bond motifs is 1. The molecule has 1 atom stereocenters. The molecule has 0 saturated carbocycles. The number of aryl methyl sites for hydroxylation is 3. The fourth-order valence-electron chi connectivity index (χ4n) is 3.82. The lowest BCUT2D eigenvalue weighted by Crippen LogP contribution is -2.39. The van der Waals surface area contributed by atoms with E-state index in [1.165, 1.54) is 36.0 Å². The zero-order valence-corrected chi connectivity index (χ0v) is 18.9. The van der Waals surface area contributed by atoms with Gasteiger partial charge >= 0.3 is 0 Å². The van der Waals surface area contributed by atoms with Gasteiger partial charge in [0.25, 0.3) is 0 Å². The molecule has 1 unspecified atom stereocenters. The summed E-state index contributed by atoms with van der Waals surface area (Å²) >= 11 is 0. The first-order valence-electron chi connectivity index (χ1n) is 9.75. The van der Waals surface area contributed by atoms with Gasteiger partial charge in [0.1, 0.15) is 5.76 Å². The summed E-state index contributed by atoms with van der Waals surface area (Å²) in [6, 6.07) is 8.83. The van der Waals surface area contributed by atoms with Crippen molar-refractivity contribution in [3.63, 3.8) is 0 Å². The Morgan fingerprint density at radius 2 is 2.04 bits per heavy atom. The summed E-state index contributed by atoms with van der Waals surface area (Å²) in [5.74, 6) is 2.34. The monoisotopic (exact) mass is 482 g/mol. The second-order valence-electron chi connectivity index (χ2n) is 6.83. The Morgan fingerprint density at radius 1 is 1.22 bits per heavy atom.